The number of aryl methyl sites for hydroxylation is 2. The third-order valence-electron chi connectivity index (χ3n) is 7.14. The first-order chi connectivity index (χ1) is 19.2. The number of carbonyl (C=O) groups is 2. The number of rotatable bonds is 7. The van der Waals surface area contributed by atoms with Crippen LogP contribution in [0.3, 0.4) is 0 Å². The summed E-state index contributed by atoms with van der Waals surface area (Å²) in [4.78, 5) is 35.7. The van der Waals surface area contributed by atoms with Gasteiger partial charge in [-0.1, -0.05) is 30.3 Å². The van der Waals surface area contributed by atoms with Gasteiger partial charge in [0.2, 0.25) is 0 Å². The molecule has 0 amide bonds. The lowest BCUT2D eigenvalue weighted by Gasteiger charge is -2.40. The van der Waals surface area contributed by atoms with E-state index in [1.807, 2.05) is 11.3 Å². The molecule has 0 unspecified atom stereocenters. The smallest absolute Gasteiger partial charge is 0.303 e. The summed E-state index contributed by atoms with van der Waals surface area (Å²) in [5, 5.41) is 16.9. The number of ether oxygens (including phenoxy) is 1. The third-order valence-corrected chi connectivity index (χ3v) is 8.11. The molecule has 40 heavy (non-hydrogen) atoms. The summed E-state index contributed by atoms with van der Waals surface area (Å²) < 4.78 is 5.29. The Labute approximate surface area is 238 Å². The van der Waals surface area contributed by atoms with Gasteiger partial charge < -0.3 is 19.8 Å². The van der Waals surface area contributed by atoms with Crippen LogP contribution in [0.2, 0.25) is 0 Å². The minimum Gasteiger partial charge on any atom is -0.497 e. The number of hydrogen-bond donors (Lipinski definition) is 2. The zero-order valence-electron chi connectivity index (χ0n) is 23.2. The minimum atomic E-state index is -1.08. The molecule has 3 heterocycles. The number of fused-ring (bicyclic) bond motifs is 2. The van der Waals surface area contributed by atoms with Gasteiger partial charge in [-0.05, 0) is 56.1 Å². The van der Waals surface area contributed by atoms with Crippen molar-refractivity contribution in [2.75, 3.05) is 33.8 Å². The monoisotopic (exact) mass is 564 g/mol. The van der Waals surface area contributed by atoms with E-state index in [4.69, 9.17) is 24.9 Å². The van der Waals surface area contributed by atoms with E-state index in [1.54, 1.807) is 7.11 Å². The highest BCUT2D eigenvalue weighted by atomic mass is 32.1. The van der Waals surface area contributed by atoms with Crippen molar-refractivity contribution in [3.8, 4) is 5.75 Å². The first-order valence-electron chi connectivity index (χ1n) is 13.4. The number of nitrogens with zero attached hydrogens (tertiary/aromatic N) is 4. The Morgan fingerprint density at radius 1 is 1.05 bits per heavy atom. The normalized spacial score (nSPS) is 16.5. The van der Waals surface area contributed by atoms with Gasteiger partial charge in [0.25, 0.3) is 0 Å². The van der Waals surface area contributed by atoms with Gasteiger partial charge in [0, 0.05) is 37.0 Å². The van der Waals surface area contributed by atoms with Gasteiger partial charge in [-0.15, -0.1) is 11.3 Å². The second-order valence-electron chi connectivity index (χ2n) is 10.0. The number of carboxylic acids is 2. The van der Waals surface area contributed by atoms with Gasteiger partial charge in [-0.3, -0.25) is 14.5 Å². The molecule has 1 saturated heterocycles. The van der Waals surface area contributed by atoms with Crippen molar-refractivity contribution in [1.29, 1.82) is 0 Å². The van der Waals surface area contributed by atoms with Crippen LogP contribution in [0.25, 0.3) is 0 Å². The van der Waals surface area contributed by atoms with Crippen LogP contribution >= 0.6 is 11.3 Å². The first-order valence-corrected chi connectivity index (χ1v) is 14.2. The second-order valence-corrected chi connectivity index (χ2v) is 11.3. The molecule has 0 radical (unpaired) electrons. The zero-order valence-corrected chi connectivity index (χ0v) is 24.0. The molecule has 1 aromatic heterocycles. The van der Waals surface area contributed by atoms with Crippen molar-refractivity contribution >= 4 is 34.8 Å². The van der Waals surface area contributed by atoms with Crippen LogP contribution in [0.15, 0.2) is 53.5 Å². The van der Waals surface area contributed by atoms with E-state index >= 15 is 0 Å². The molecule has 2 aromatic carbocycles. The predicted octanol–water partition coefficient (Wildman–Crippen LogP) is 4.63. The zero-order chi connectivity index (χ0) is 28.6. The average molecular weight is 565 g/mol. The number of aromatic nitrogens is 1. The average Bonchev–Trinajstić information content (AvgIpc) is 3.23. The fourth-order valence-electron chi connectivity index (χ4n) is 4.88. The molecule has 0 aliphatic carbocycles. The molecule has 2 aliphatic rings. The van der Waals surface area contributed by atoms with Gasteiger partial charge in [0.1, 0.15) is 11.4 Å². The summed E-state index contributed by atoms with van der Waals surface area (Å²) in [6.45, 7) is 5.09. The largest absolute Gasteiger partial charge is 0.497 e. The van der Waals surface area contributed by atoms with E-state index in [0.717, 1.165) is 66.9 Å². The molecular weight excluding hydrogens is 528 g/mol. The molecule has 2 aliphatic heterocycles. The van der Waals surface area contributed by atoms with E-state index in [-0.39, 0.29) is 12.8 Å². The summed E-state index contributed by atoms with van der Waals surface area (Å²) in [7, 11) is 3.96. The van der Waals surface area contributed by atoms with Gasteiger partial charge in [-0.25, -0.2) is 9.98 Å². The maximum Gasteiger partial charge on any atom is 0.303 e. The Morgan fingerprint density at radius 2 is 1.75 bits per heavy atom. The van der Waals surface area contributed by atoms with Crippen LogP contribution in [-0.4, -0.2) is 82.6 Å². The van der Waals surface area contributed by atoms with Crippen molar-refractivity contribution in [1.82, 2.24) is 14.8 Å². The number of aliphatic carboxylic acids is 2. The molecule has 0 spiro atoms. The number of benzene rings is 2. The number of methoxy groups -OCH3 is 1. The molecular formula is C30H36N4O5S. The summed E-state index contributed by atoms with van der Waals surface area (Å²) in [5.41, 5.74) is 4.81. The van der Waals surface area contributed by atoms with Gasteiger partial charge in [0.15, 0.2) is 5.84 Å². The van der Waals surface area contributed by atoms with Crippen LogP contribution in [0.5, 0.6) is 5.75 Å². The topological polar surface area (TPSA) is 116 Å². The van der Waals surface area contributed by atoms with E-state index in [1.165, 1.54) is 16.0 Å². The fraction of sp³-hybridized carbons (Fsp3) is 0.400. The molecule has 9 nitrogen and oxygen atoms in total. The lowest BCUT2D eigenvalue weighted by Crippen LogP contribution is -2.53. The fourth-order valence-corrected chi connectivity index (χ4v) is 5.84. The Hall–Kier alpha value is -3.76. The van der Waals surface area contributed by atoms with Crippen LogP contribution in [0.1, 0.15) is 46.0 Å². The third kappa shape index (κ3) is 7.67. The highest BCUT2D eigenvalue weighted by molar-refractivity contribution is 7.11. The number of carboxylic acid groups (broad SMARTS) is 2. The molecule has 0 bridgehead atoms. The van der Waals surface area contributed by atoms with Gasteiger partial charge in [0.05, 0.1) is 30.6 Å². The summed E-state index contributed by atoms with van der Waals surface area (Å²) in [6.07, 6.45) is 2.50. The molecule has 5 rings (SSSR count). The van der Waals surface area contributed by atoms with E-state index in [9.17, 15) is 9.59 Å². The number of para-hydroxylation sites is 1. The Bertz CT molecular complexity index is 1340. The van der Waals surface area contributed by atoms with Crippen LogP contribution in [0, 0.1) is 6.92 Å². The quantitative estimate of drug-likeness (QED) is 0.427. The van der Waals surface area contributed by atoms with Crippen molar-refractivity contribution in [3.05, 3.63) is 75.2 Å². The minimum absolute atomic E-state index is 0.296. The molecule has 2 N–H and O–H groups in total. The standard InChI is InChI=1S/C26H30N4OS.C4H6O4/c1-18-27-25-24(32-18)16-20-6-4-5-7-23(20)28-26(25)30-15-14-29(2)21(17-30)11-8-19-9-12-22(31-3)13-10-19;5-3(6)1-2-4(7)8/h4-7,9-10,12-13,21H,8,11,14-17H2,1-3H3;1-2H2,(H,5,6)(H,7,8)/t21-;/m0./s1. The highest BCUT2D eigenvalue weighted by Gasteiger charge is 2.30. The van der Waals surface area contributed by atoms with Gasteiger partial charge >= 0.3 is 11.9 Å². The molecule has 1 fully saturated rings. The number of likely N-dealkylation sites (N-methyl/N-ethyl adjacent to an activating group) is 1. The maximum absolute atomic E-state index is 9.64. The maximum atomic E-state index is 9.64. The van der Waals surface area contributed by atoms with Crippen molar-refractivity contribution in [2.24, 2.45) is 4.99 Å². The molecule has 1 atom stereocenters. The van der Waals surface area contributed by atoms with Crippen LogP contribution in [0.4, 0.5) is 5.69 Å². The number of aliphatic imine (C=N–C) groups is 1. The lowest BCUT2D eigenvalue weighted by molar-refractivity contribution is -0.143. The summed E-state index contributed by atoms with van der Waals surface area (Å²) in [5.74, 6) is -0.188. The molecule has 3 aromatic rings. The lowest BCUT2D eigenvalue weighted by atomic mass is 10.0. The van der Waals surface area contributed by atoms with E-state index in [2.05, 4.69) is 72.3 Å². The number of amidine groups is 1. The summed E-state index contributed by atoms with van der Waals surface area (Å²) >= 11 is 1.81. The molecule has 0 saturated carbocycles. The second kappa shape index (κ2) is 13.5. The molecule has 10 heteroatoms. The van der Waals surface area contributed by atoms with E-state index < -0.39 is 11.9 Å². The summed E-state index contributed by atoms with van der Waals surface area (Å²) in [6, 6.07) is 17.5. The Kier molecular flexibility index (Phi) is 9.89. The highest BCUT2D eigenvalue weighted by Crippen LogP contribution is 2.33. The number of piperazine rings is 1. The molecule has 212 valence electrons. The van der Waals surface area contributed by atoms with E-state index in [0.29, 0.717) is 6.04 Å². The number of thiazole rings is 1. The Morgan fingerprint density at radius 3 is 2.42 bits per heavy atom. The van der Waals surface area contributed by atoms with Gasteiger partial charge in [-0.2, -0.15) is 0 Å². The van der Waals surface area contributed by atoms with Crippen LogP contribution < -0.4 is 4.74 Å². The van der Waals surface area contributed by atoms with Crippen molar-refractivity contribution in [3.63, 3.8) is 0 Å². The number of hydrogen-bond acceptors (Lipinski definition) is 8. The predicted molar refractivity (Wildman–Crippen MR) is 156 cm³/mol. The first kappa shape index (κ1) is 29.2. The van der Waals surface area contributed by atoms with Crippen molar-refractivity contribution < 1.29 is 24.5 Å². The SMILES string of the molecule is COc1ccc(CC[C@H]2CN(C3=Nc4ccccc4Cc4sc(C)nc43)CCN2C)cc1.O=C(O)CCC(=O)O. The van der Waals surface area contributed by atoms with Crippen LogP contribution in [-0.2, 0) is 22.4 Å². The van der Waals surface area contributed by atoms with Crippen molar-refractivity contribution in [2.45, 2.75) is 45.1 Å². The Balaban J connectivity index is 0.000000406.